The van der Waals surface area contributed by atoms with E-state index in [1.807, 2.05) is 6.08 Å². The average Bonchev–Trinajstić information content (AvgIpc) is 3.42. The number of aliphatic hydroxyl groups excluding tert-OH is 3. The lowest BCUT2D eigenvalue weighted by atomic mass is 10.0. The smallest absolute Gasteiger partial charge is 0.222 e. The molecule has 0 saturated carbocycles. The third kappa shape index (κ3) is 61.5. The van der Waals surface area contributed by atoms with Gasteiger partial charge in [-0.1, -0.05) is 351 Å². The lowest BCUT2D eigenvalue weighted by Gasteiger charge is -2.21. The number of unbranched alkanes of at least 4 members (excludes halogenated alkanes) is 49. The van der Waals surface area contributed by atoms with Crippen LogP contribution in [0.1, 0.15) is 373 Å². The van der Waals surface area contributed by atoms with Crippen molar-refractivity contribution >= 4 is 5.91 Å². The van der Waals surface area contributed by atoms with Crippen molar-refractivity contribution in [2.24, 2.45) is 0 Å². The molecule has 0 bridgehead atoms. The highest BCUT2D eigenvalue weighted by atomic mass is 16.3. The van der Waals surface area contributed by atoms with E-state index in [9.17, 15) is 20.1 Å². The van der Waals surface area contributed by atoms with Gasteiger partial charge in [0.2, 0.25) is 5.91 Å². The first-order valence-electron chi connectivity index (χ1n) is 34.4. The van der Waals surface area contributed by atoms with Gasteiger partial charge in [-0.15, -0.1) is 0 Å². The molecule has 0 aromatic heterocycles. The van der Waals surface area contributed by atoms with Crippen LogP contribution in [-0.4, -0.2) is 46.1 Å². The fourth-order valence-electron chi connectivity index (χ4n) is 10.9. The van der Waals surface area contributed by atoms with Crippen LogP contribution in [0.25, 0.3) is 0 Å². The first-order chi connectivity index (χ1) is 37.5. The van der Waals surface area contributed by atoms with E-state index in [0.29, 0.717) is 6.42 Å². The van der Waals surface area contributed by atoms with E-state index in [1.165, 1.54) is 308 Å². The highest BCUT2D eigenvalue weighted by Crippen LogP contribution is 2.18. The van der Waals surface area contributed by atoms with Crippen LogP contribution in [0, 0.1) is 0 Å². The largest absolute Gasteiger partial charge is 0.394 e. The van der Waals surface area contributed by atoms with Crippen LogP contribution in [-0.2, 0) is 4.79 Å². The molecule has 0 aliphatic heterocycles. The van der Waals surface area contributed by atoms with Crippen molar-refractivity contribution in [3.05, 3.63) is 48.6 Å². The molecule has 0 radical (unpaired) electrons. The summed E-state index contributed by atoms with van der Waals surface area (Å²) in [7, 11) is 0. The van der Waals surface area contributed by atoms with Crippen LogP contribution < -0.4 is 5.32 Å². The molecule has 3 unspecified atom stereocenters. The Kier molecular flexibility index (Phi) is 64.4. The molecule has 5 nitrogen and oxygen atoms in total. The number of nitrogens with one attached hydrogen (secondary N) is 1. The lowest BCUT2D eigenvalue weighted by molar-refractivity contribution is -0.124. The summed E-state index contributed by atoms with van der Waals surface area (Å²) < 4.78 is 0. The van der Waals surface area contributed by atoms with Crippen molar-refractivity contribution in [1.29, 1.82) is 0 Å². The maximum absolute atomic E-state index is 12.6. The summed E-state index contributed by atoms with van der Waals surface area (Å²) >= 11 is 0. The van der Waals surface area contributed by atoms with Crippen molar-refractivity contribution in [3.63, 3.8) is 0 Å². The van der Waals surface area contributed by atoms with Crippen molar-refractivity contribution in [1.82, 2.24) is 5.32 Å². The molecule has 0 aliphatic carbocycles. The van der Waals surface area contributed by atoms with E-state index in [1.54, 1.807) is 6.08 Å². The van der Waals surface area contributed by atoms with Crippen LogP contribution in [0.2, 0.25) is 0 Å². The zero-order valence-corrected chi connectivity index (χ0v) is 51.4. The Morgan fingerprint density at radius 3 is 0.921 bits per heavy atom. The summed E-state index contributed by atoms with van der Waals surface area (Å²) in [5.74, 6) is -0.320. The summed E-state index contributed by atoms with van der Waals surface area (Å²) in [4.78, 5) is 12.6. The molecule has 0 saturated heterocycles. The van der Waals surface area contributed by atoms with Crippen molar-refractivity contribution in [3.8, 4) is 0 Å². The summed E-state index contributed by atoms with van der Waals surface area (Å²) in [5, 5.41) is 33.6. The topological polar surface area (TPSA) is 89.8 Å². The van der Waals surface area contributed by atoms with E-state index in [0.717, 1.165) is 38.5 Å². The molecule has 0 spiro atoms. The van der Waals surface area contributed by atoms with Gasteiger partial charge in [0.05, 0.1) is 31.3 Å². The van der Waals surface area contributed by atoms with Gasteiger partial charge in [0.25, 0.3) is 0 Å². The van der Waals surface area contributed by atoms with Gasteiger partial charge < -0.3 is 20.6 Å². The minimum absolute atomic E-state index is 0.00662. The molecular formula is C71H135NO4. The number of carbonyl (C=O) groups is 1. The number of rotatable bonds is 64. The summed E-state index contributed by atoms with van der Waals surface area (Å²) in [6.07, 6.45) is 89.4. The Morgan fingerprint density at radius 2 is 0.605 bits per heavy atom. The first-order valence-corrected chi connectivity index (χ1v) is 34.4. The summed E-state index contributed by atoms with van der Waals surface area (Å²) in [6, 6.07) is -0.764. The standard InChI is InChI=1S/C71H135NO4/c1-3-5-7-9-11-13-15-17-19-21-23-25-27-29-30-31-32-33-34-35-36-37-38-39-40-41-42-44-46-48-50-52-54-56-58-60-62-64-68(74)66-71(76)72-69(67-73)70(75)65-63-61-59-57-55-53-51-49-47-45-43-28-26-24-22-20-18-16-14-12-10-8-6-4-2/h32-33,35-36,55,57,63,65,68-70,73-75H,3-31,34,37-54,56,58-62,64,66-67H2,1-2H3,(H,72,76)/b33-32-,36-35-,57-55+,65-63+. The van der Waals surface area contributed by atoms with Crippen LogP contribution in [0.5, 0.6) is 0 Å². The Hall–Kier alpha value is -1.69. The van der Waals surface area contributed by atoms with Gasteiger partial charge in [-0.3, -0.25) is 4.79 Å². The molecule has 0 aromatic rings. The Balaban J connectivity index is 3.52. The molecule has 4 N–H and O–H groups in total. The van der Waals surface area contributed by atoms with Crippen molar-refractivity contribution in [2.45, 2.75) is 392 Å². The van der Waals surface area contributed by atoms with Crippen LogP contribution in [0.3, 0.4) is 0 Å². The lowest BCUT2D eigenvalue weighted by Crippen LogP contribution is -2.45. The predicted octanol–water partition coefficient (Wildman–Crippen LogP) is 22.3. The van der Waals surface area contributed by atoms with Gasteiger partial charge in [-0.25, -0.2) is 0 Å². The SMILES string of the molecule is CCCCCCCCCCCCCCCCC/C=C\C/C=C\CCCCCCCCCCCCCCCCCC(O)CC(=O)NC(CO)C(O)/C=C/CC/C=C/CCCCCCCCCCCCCCCCCCCC. The zero-order chi connectivity index (χ0) is 55.0. The monoisotopic (exact) mass is 1070 g/mol. The van der Waals surface area contributed by atoms with Crippen molar-refractivity contribution < 1.29 is 20.1 Å². The molecule has 0 aromatic carbocycles. The average molecular weight is 1070 g/mol. The Labute approximate surface area is 476 Å². The molecule has 1 amide bonds. The number of allylic oxidation sites excluding steroid dienone is 7. The molecule has 0 aliphatic rings. The second-order valence-electron chi connectivity index (χ2n) is 23.8. The van der Waals surface area contributed by atoms with Gasteiger partial charge in [0.15, 0.2) is 0 Å². The minimum atomic E-state index is -0.954. The van der Waals surface area contributed by atoms with Gasteiger partial charge in [-0.05, 0) is 64.2 Å². The highest BCUT2D eigenvalue weighted by Gasteiger charge is 2.20. The van der Waals surface area contributed by atoms with E-state index in [-0.39, 0.29) is 18.9 Å². The zero-order valence-electron chi connectivity index (χ0n) is 51.4. The number of hydrogen-bond acceptors (Lipinski definition) is 4. The maximum atomic E-state index is 12.6. The fourth-order valence-corrected chi connectivity index (χ4v) is 10.9. The third-order valence-corrected chi connectivity index (χ3v) is 16.1. The van der Waals surface area contributed by atoms with Gasteiger partial charge in [-0.2, -0.15) is 0 Å². The first kappa shape index (κ1) is 74.3. The van der Waals surface area contributed by atoms with E-state index in [4.69, 9.17) is 0 Å². The second kappa shape index (κ2) is 65.8. The van der Waals surface area contributed by atoms with Crippen LogP contribution in [0.15, 0.2) is 48.6 Å². The number of carbonyl (C=O) groups excluding carboxylic acids is 1. The normalized spacial score (nSPS) is 13.4. The third-order valence-electron chi connectivity index (χ3n) is 16.1. The Bertz CT molecular complexity index is 1230. The molecule has 448 valence electrons. The fraction of sp³-hybridized carbons (Fsp3) is 0.873. The number of hydrogen-bond donors (Lipinski definition) is 4. The van der Waals surface area contributed by atoms with Crippen LogP contribution in [0.4, 0.5) is 0 Å². The second-order valence-corrected chi connectivity index (χ2v) is 23.8. The molecule has 3 atom stereocenters. The van der Waals surface area contributed by atoms with E-state index >= 15 is 0 Å². The van der Waals surface area contributed by atoms with Crippen molar-refractivity contribution in [2.75, 3.05) is 6.61 Å². The maximum Gasteiger partial charge on any atom is 0.222 e. The highest BCUT2D eigenvalue weighted by molar-refractivity contribution is 5.76. The minimum Gasteiger partial charge on any atom is -0.394 e. The number of amides is 1. The quantitative estimate of drug-likeness (QED) is 0.0361. The summed E-state index contributed by atoms with van der Waals surface area (Å²) in [6.45, 7) is 4.25. The molecule has 0 rings (SSSR count). The molecule has 76 heavy (non-hydrogen) atoms. The molecule has 0 fully saturated rings. The van der Waals surface area contributed by atoms with Gasteiger partial charge >= 0.3 is 0 Å². The van der Waals surface area contributed by atoms with E-state index < -0.39 is 18.2 Å². The molecule has 0 heterocycles. The summed E-state index contributed by atoms with van der Waals surface area (Å²) in [5.41, 5.74) is 0. The van der Waals surface area contributed by atoms with Gasteiger partial charge in [0.1, 0.15) is 0 Å². The number of aliphatic hydroxyl groups is 3. The van der Waals surface area contributed by atoms with Crippen LogP contribution >= 0.6 is 0 Å². The Morgan fingerprint density at radius 1 is 0.342 bits per heavy atom. The van der Waals surface area contributed by atoms with E-state index in [2.05, 4.69) is 55.6 Å². The molecule has 5 heteroatoms. The molecular weight excluding hydrogens is 931 g/mol. The predicted molar refractivity (Wildman–Crippen MR) is 337 cm³/mol. The van der Waals surface area contributed by atoms with Gasteiger partial charge in [0, 0.05) is 0 Å².